The summed E-state index contributed by atoms with van der Waals surface area (Å²) < 4.78 is 39.5. The molecule has 0 aliphatic carbocycles. The second-order valence-electron chi connectivity index (χ2n) is 8.49. The van der Waals surface area contributed by atoms with Gasteiger partial charge in [0.05, 0.1) is 24.1 Å². The number of sulfonamides is 1. The fourth-order valence-corrected chi connectivity index (χ4v) is 5.56. The van der Waals surface area contributed by atoms with E-state index in [0.717, 1.165) is 18.4 Å². The zero-order valence-electron chi connectivity index (χ0n) is 17.6. The lowest BCUT2D eigenvalue weighted by Gasteiger charge is -2.38. The summed E-state index contributed by atoms with van der Waals surface area (Å²) in [5.41, 5.74) is 1.18. The molecule has 4 rings (SSSR count). The molecule has 1 N–H and O–H groups in total. The van der Waals surface area contributed by atoms with Gasteiger partial charge in [-0.25, -0.2) is 12.8 Å². The summed E-state index contributed by atoms with van der Waals surface area (Å²) >= 11 is 0. The normalized spacial score (nSPS) is 19.1. The SMILES string of the molecule is CS(=O)(=O)N1CCCc2cc(C(=O)CN3CCC(O)(c4ccccc4F)CC3)ccc21. The first-order valence-corrected chi connectivity index (χ1v) is 12.4. The molecule has 1 saturated heterocycles. The molecule has 0 spiro atoms. The third-order valence-corrected chi connectivity index (χ3v) is 7.48. The van der Waals surface area contributed by atoms with Gasteiger partial charge in [0.1, 0.15) is 5.82 Å². The predicted octanol–water partition coefficient (Wildman–Crippen LogP) is 2.70. The first-order chi connectivity index (χ1) is 14.7. The number of nitrogens with zero attached hydrogens (tertiary/aromatic N) is 2. The molecular formula is C23H27FN2O4S. The number of hydrogen-bond donors (Lipinski definition) is 1. The maximum Gasteiger partial charge on any atom is 0.232 e. The smallest absolute Gasteiger partial charge is 0.232 e. The van der Waals surface area contributed by atoms with Crippen LogP contribution in [0.5, 0.6) is 0 Å². The molecule has 31 heavy (non-hydrogen) atoms. The van der Waals surface area contributed by atoms with Crippen molar-refractivity contribution in [2.45, 2.75) is 31.3 Å². The Morgan fingerprint density at radius 1 is 1.13 bits per heavy atom. The lowest BCUT2D eigenvalue weighted by atomic mass is 9.84. The van der Waals surface area contributed by atoms with Crippen molar-refractivity contribution >= 4 is 21.5 Å². The zero-order chi connectivity index (χ0) is 22.2. The van der Waals surface area contributed by atoms with Crippen molar-refractivity contribution in [1.82, 2.24) is 4.90 Å². The number of benzene rings is 2. The highest BCUT2D eigenvalue weighted by Crippen LogP contribution is 2.34. The Labute approximate surface area is 182 Å². The maximum absolute atomic E-state index is 14.1. The van der Waals surface area contributed by atoms with E-state index < -0.39 is 21.4 Å². The molecule has 0 unspecified atom stereocenters. The van der Waals surface area contributed by atoms with Crippen LogP contribution in [0.4, 0.5) is 10.1 Å². The molecular weight excluding hydrogens is 419 g/mol. The summed E-state index contributed by atoms with van der Waals surface area (Å²) in [7, 11) is -3.34. The largest absolute Gasteiger partial charge is 0.385 e. The molecule has 2 aromatic rings. The van der Waals surface area contributed by atoms with Gasteiger partial charge in [0.15, 0.2) is 5.78 Å². The van der Waals surface area contributed by atoms with Gasteiger partial charge in [0.25, 0.3) is 0 Å². The summed E-state index contributed by atoms with van der Waals surface area (Å²) in [4.78, 5) is 14.8. The van der Waals surface area contributed by atoms with Crippen LogP contribution in [0.15, 0.2) is 42.5 Å². The molecule has 0 atom stereocenters. The van der Waals surface area contributed by atoms with Crippen LogP contribution < -0.4 is 4.31 Å². The quantitative estimate of drug-likeness (QED) is 0.715. The molecule has 0 radical (unpaired) electrons. The number of carbonyl (C=O) groups excluding carboxylic acids is 1. The molecule has 166 valence electrons. The second-order valence-corrected chi connectivity index (χ2v) is 10.4. The van der Waals surface area contributed by atoms with Gasteiger partial charge in [-0.15, -0.1) is 0 Å². The van der Waals surface area contributed by atoms with E-state index >= 15 is 0 Å². The Morgan fingerprint density at radius 2 is 1.84 bits per heavy atom. The summed E-state index contributed by atoms with van der Waals surface area (Å²) in [5, 5.41) is 10.9. The highest BCUT2D eigenvalue weighted by molar-refractivity contribution is 7.92. The van der Waals surface area contributed by atoms with Gasteiger partial charge in [-0.3, -0.25) is 14.0 Å². The Morgan fingerprint density at radius 3 is 2.52 bits per heavy atom. The fourth-order valence-electron chi connectivity index (χ4n) is 4.56. The van der Waals surface area contributed by atoms with E-state index in [1.54, 1.807) is 36.4 Å². The molecule has 0 saturated carbocycles. The number of anilines is 1. The number of carbonyl (C=O) groups is 1. The summed E-state index contributed by atoms with van der Waals surface area (Å²) in [6.45, 7) is 1.65. The second kappa shape index (κ2) is 8.33. The average molecular weight is 447 g/mol. The molecule has 2 heterocycles. The van der Waals surface area contributed by atoms with Crippen molar-refractivity contribution in [3.63, 3.8) is 0 Å². The lowest BCUT2D eigenvalue weighted by Crippen LogP contribution is -2.44. The Balaban J connectivity index is 1.43. The van der Waals surface area contributed by atoms with E-state index in [1.807, 2.05) is 4.90 Å². The van der Waals surface area contributed by atoms with E-state index in [1.165, 1.54) is 16.6 Å². The van der Waals surface area contributed by atoms with Crippen molar-refractivity contribution in [2.75, 3.05) is 36.7 Å². The van der Waals surface area contributed by atoms with Crippen molar-refractivity contribution in [1.29, 1.82) is 0 Å². The van der Waals surface area contributed by atoms with Crippen molar-refractivity contribution in [3.05, 3.63) is 65.0 Å². The molecule has 1 fully saturated rings. The minimum atomic E-state index is -3.34. The molecule has 2 aliphatic rings. The van der Waals surface area contributed by atoms with Crippen molar-refractivity contribution < 1.29 is 22.7 Å². The van der Waals surface area contributed by atoms with Gasteiger partial charge in [-0.05, 0) is 55.5 Å². The maximum atomic E-state index is 14.1. The molecule has 0 bridgehead atoms. The number of ketones is 1. The highest BCUT2D eigenvalue weighted by Gasteiger charge is 2.36. The molecule has 8 heteroatoms. The Hall–Kier alpha value is -2.29. The number of aliphatic hydroxyl groups is 1. The molecule has 0 amide bonds. The van der Waals surface area contributed by atoms with Crippen LogP contribution in [0.25, 0.3) is 0 Å². The number of piperidine rings is 1. The van der Waals surface area contributed by atoms with E-state index in [0.29, 0.717) is 49.3 Å². The van der Waals surface area contributed by atoms with E-state index in [-0.39, 0.29) is 12.3 Å². The highest BCUT2D eigenvalue weighted by atomic mass is 32.2. The van der Waals surface area contributed by atoms with Crippen LogP contribution in [-0.4, -0.2) is 56.6 Å². The van der Waals surface area contributed by atoms with Crippen LogP contribution in [-0.2, 0) is 22.0 Å². The first kappa shape index (κ1) is 21.9. The van der Waals surface area contributed by atoms with Crippen molar-refractivity contribution in [2.24, 2.45) is 0 Å². The summed E-state index contributed by atoms with van der Waals surface area (Å²) in [5.74, 6) is -0.456. The van der Waals surface area contributed by atoms with Crippen LogP contribution >= 0.6 is 0 Å². The third-order valence-electron chi connectivity index (χ3n) is 6.30. The van der Waals surface area contributed by atoms with Crippen LogP contribution in [0.3, 0.4) is 0 Å². The predicted molar refractivity (Wildman–Crippen MR) is 117 cm³/mol. The molecule has 0 aromatic heterocycles. The molecule has 2 aromatic carbocycles. The number of rotatable bonds is 5. The minimum Gasteiger partial charge on any atom is -0.385 e. The van der Waals surface area contributed by atoms with Gasteiger partial charge in [-0.2, -0.15) is 0 Å². The number of hydrogen-bond acceptors (Lipinski definition) is 5. The van der Waals surface area contributed by atoms with Gasteiger partial charge in [0, 0.05) is 30.8 Å². The summed E-state index contributed by atoms with van der Waals surface area (Å²) in [6, 6.07) is 11.5. The zero-order valence-corrected chi connectivity index (χ0v) is 18.4. The minimum absolute atomic E-state index is 0.0457. The number of likely N-dealkylation sites (tertiary alicyclic amines) is 1. The fraction of sp³-hybridized carbons (Fsp3) is 0.435. The van der Waals surface area contributed by atoms with Gasteiger partial charge in [0.2, 0.25) is 10.0 Å². The number of aryl methyl sites for hydroxylation is 1. The topological polar surface area (TPSA) is 77.9 Å². The third kappa shape index (κ3) is 4.51. The first-order valence-electron chi connectivity index (χ1n) is 10.5. The number of fused-ring (bicyclic) bond motifs is 1. The number of halogens is 1. The Bertz CT molecular complexity index is 1090. The molecule has 2 aliphatic heterocycles. The number of Topliss-reactive ketones (excluding diaryl/α,β-unsaturated/α-hetero) is 1. The monoisotopic (exact) mass is 446 g/mol. The van der Waals surface area contributed by atoms with Gasteiger partial charge >= 0.3 is 0 Å². The molecule has 6 nitrogen and oxygen atoms in total. The summed E-state index contributed by atoms with van der Waals surface area (Å²) in [6.07, 6.45) is 3.36. The van der Waals surface area contributed by atoms with Crippen LogP contribution in [0.2, 0.25) is 0 Å². The average Bonchev–Trinajstić information content (AvgIpc) is 2.74. The van der Waals surface area contributed by atoms with Gasteiger partial charge < -0.3 is 5.11 Å². The van der Waals surface area contributed by atoms with Crippen LogP contribution in [0, 0.1) is 5.82 Å². The van der Waals surface area contributed by atoms with Crippen molar-refractivity contribution in [3.8, 4) is 0 Å². The van der Waals surface area contributed by atoms with E-state index in [4.69, 9.17) is 0 Å². The standard InChI is InChI=1S/C23H27FN2O4S/c1-31(29,30)26-12-4-5-17-15-18(8-9-21(17)26)22(27)16-25-13-10-23(28,11-14-25)19-6-2-3-7-20(19)24/h2-3,6-9,15,28H,4-5,10-14,16H2,1H3. The Kier molecular flexibility index (Phi) is 5.89. The van der Waals surface area contributed by atoms with Crippen LogP contribution in [0.1, 0.15) is 40.7 Å². The van der Waals surface area contributed by atoms with E-state index in [9.17, 15) is 22.7 Å². The van der Waals surface area contributed by atoms with Gasteiger partial charge in [-0.1, -0.05) is 18.2 Å². The van der Waals surface area contributed by atoms with E-state index in [2.05, 4.69) is 0 Å². The lowest BCUT2D eigenvalue weighted by molar-refractivity contribution is -0.0271.